The van der Waals surface area contributed by atoms with E-state index < -0.39 is 0 Å². The van der Waals surface area contributed by atoms with Gasteiger partial charge in [0.05, 0.1) is 0 Å². The number of nitrogens with zero attached hydrogens (tertiary/aromatic N) is 1. The summed E-state index contributed by atoms with van der Waals surface area (Å²) in [6, 6.07) is 0. The highest BCUT2D eigenvalue weighted by Crippen LogP contribution is 1.81. The van der Waals surface area contributed by atoms with E-state index in [1.807, 2.05) is 0 Å². The van der Waals surface area contributed by atoms with Crippen LogP contribution in [0, 0.1) is 0 Å². The van der Waals surface area contributed by atoms with Gasteiger partial charge in [-0.25, -0.2) is 0 Å². The molecule has 8 heavy (non-hydrogen) atoms. The van der Waals surface area contributed by atoms with Crippen LogP contribution in [0.15, 0.2) is 0 Å². The van der Waals surface area contributed by atoms with Crippen LogP contribution in [0.1, 0.15) is 6.42 Å². The Bertz CT molecular complexity index is 47.7. The summed E-state index contributed by atoms with van der Waals surface area (Å²) in [6.07, 6.45) is 1.23. The first-order chi connectivity index (χ1) is 3.77. The Morgan fingerprint density at radius 1 is 1.50 bits per heavy atom. The normalized spacial score (nSPS) is 10.5. The van der Waals surface area contributed by atoms with Crippen LogP contribution < -0.4 is 3.53 Å². The van der Waals surface area contributed by atoms with Gasteiger partial charge in [-0.15, -0.1) is 0 Å². The lowest BCUT2D eigenvalue weighted by atomic mass is 10.4. The van der Waals surface area contributed by atoms with Gasteiger partial charge in [0.15, 0.2) is 0 Å². The summed E-state index contributed by atoms with van der Waals surface area (Å²) in [7, 11) is 4.18. The van der Waals surface area contributed by atoms with Gasteiger partial charge < -0.3 is 4.90 Å². The van der Waals surface area contributed by atoms with E-state index in [1.165, 1.54) is 13.0 Å². The minimum absolute atomic E-state index is 1.11. The molecule has 0 atom stereocenters. The van der Waals surface area contributed by atoms with Crippen molar-refractivity contribution >= 4 is 22.9 Å². The summed E-state index contributed by atoms with van der Waals surface area (Å²) >= 11 is 2.17. The molecule has 0 aliphatic carbocycles. The average molecular weight is 228 g/mol. The topological polar surface area (TPSA) is 15.3 Å². The molecule has 2 nitrogen and oxygen atoms in total. The van der Waals surface area contributed by atoms with Crippen molar-refractivity contribution in [2.24, 2.45) is 0 Å². The van der Waals surface area contributed by atoms with Crippen LogP contribution in [-0.2, 0) is 0 Å². The van der Waals surface area contributed by atoms with Crippen molar-refractivity contribution in [2.75, 3.05) is 27.2 Å². The van der Waals surface area contributed by atoms with Crippen LogP contribution >= 0.6 is 22.9 Å². The first-order valence-electron chi connectivity index (χ1n) is 2.75. The molecule has 1 N–H and O–H groups in total. The predicted molar refractivity (Wildman–Crippen MR) is 45.2 cm³/mol. The third kappa shape index (κ3) is 6.65. The van der Waals surface area contributed by atoms with Gasteiger partial charge in [0.25, 0.3) is 0 Å². The molecule has 0 radical (unpaired) electrons. The molecule has 0 aromatic carbocycles. The molecule has 0 heterocycles. The van der Waals surface area contributed by atoms with E-state index in [0.717, 1.165) is 6.54 Å². The van der Waals surface area contributed by atoms with Crippen LogP contribution in [-0.4, -0.2) is 32.1 Å². The van der Waals surface area contributed by atoms with Gasteiger partial charge in [-0.1, -0.05) is 0 Å². The molecule has 0 aliphatic heterocycles. The summed E-state index contributed by atoms with van der Waals surface area (Å²) in [5, 5.41) is 0. The predicted octanol–water partition coefficient (Wildman–Crippen LogP) is 0.878. The van der Waals surface area contributed by atoms with Gasteiger partial charge in [0.1, 0.15) is 0 Å². The zero-order valence-corrected chi connectivity index (χ0v) is 7.60. The molecule has 3 heteroatoms. The highest BCUT2D eigenvalue weighted by molar-refractivity contribution is 14.1. The molecule has 0 bridgehead atoms. The average Bonchev–Trinajstić information content (AvgIpc) is 1.66. The second kappa shape index (κ2) is 5.78. The van der Waals surface area contributed by atoms with Crippen molar-refractivity contribution in [2.45, 2.75) is 6.42 Å². The lowest BCUT2D eigenvalue weighted by Gasteiger charge is -2.06. The number of hydrogen-bond donors (Lipinski definition) is 1. The van der Waals surface area contributed by atoms with E-state index in [-0.39, 0.29) is 0 Å². The Morgan fingerprint density at radius 3 is 2.50 bits per heavy atom. The maximum absolute atomic E-state index is 3.07. The summed E-state index contributed by atoms with van der Waals surface area (Å²) < 4.78 is 3.07. The maximum atomic E-state index is 3.07. The monoisotopic (exact) mass is 228 g/mol. The van der Waals surface area contributed by atoms with Crippen molar-refractivity contribution in [3.8, 4) is 0 Å². The van der Waals surface area contributed by atoms with Crippen molar-refractivity contribution < 1.29 is 0 Å². The molecule has 0 aromatic rings. The van der Waals surface area contributed by atoms with Gasteiger partial charge >= 0.3 is 0 Å². The fraction of sp³-hybridized carbons (Fsp3) is 1.00. The van der Waals surface area contributed by atoms with Gasteiger partial charge in [-0.2, -0.15) is 0 Å². The van der Waals surface area contributed by atoms with Crippen molar-refractivity contribution in [3.05, 3.63) is 0 Å². The van der Waals surface area contributed by atoms with Gasteiger partial charge in [-0.05, 0) is 27.1 Å². The van der Waals surface area contributed by atoms with Gasteiger partial charge in [0, 0.05) is 29.4 Å². The lowest BCUT2D eigenvalue weighted by molar-refractivity contribution is 0.402. The van der Waals surface area contributed by atoms with Crippen LogP contribution in [0.5, 0.6) is 0 Å². The molecule has 0 spiro atoms. The molecule has 50 valence electrons. The van der Waals surface area contributed by atoms with Gasteiger partial charge in [-0.3, -0.25) is 3.53 Å². The molecule has 0 amide bonds. The molecule has 0 rings (SSSR count). The Labute approximate surface area is 65.1 Å². The molecule has 0 aromatic heterocycles. The summed E-state index contributed by atoms with van der Waals surface area (Å²) in [5.74, 6) is 0. The standard InChI is InChI=1S/C5H13IN2/c1-8(2)5-3-4-7-6/h7H,3-5H2,1-2H3. The van der Waals surface area contributed by atoms with Crippen molar-refractivity contribution in [3.63, 3.8) is 0 Å². The fourth-order valence-electron chi connectivity index (χ4n) is 0.462. The highest BCUT2D eigenvalue weighted by Gasteiger charge is 1.86. The Hall–Kier alpha value is 0.650. The Morgan fingerprint density at radius 2 is 2.12 bits per heavy atom. The third-order valence-electron chi connectivity index (χ3n) is 0.877. The van der Waals surface area contributed by atoms with E-state index in [4.69, 9.17) is 0 Å². The largest absolute Gasteiger partial charge is 0.309 e. The summed E-state index contributed by atoms with van der Waals surface area (Å²) in [5.41, 5.74) is 0. The second-order valence-corrected chi connectivity index (χ2v) is 2.80. The van der Waals surface area contributed by atoms with Crippen LogP contribution in [0.3, 0.4) is 0 Å². The van der Waals surface area contributed by atoms with Crippen molar-refractivity contribution in [1.29, 1.82) is 0 Å². The summed E-state index contributed by atoms with van der Waals surface area (Å²) in [6.45, 7) is 2.29. The van der Waals surface area contributed by atoms with Gasteiger partial charge in [0.2, 0.25) is 0 Å². The minimum Gasteiger partial charge on any atom is -0.309 e. The third-order valence-corrected chi connectivity index (χ3v) is 1.42. The number of hydrogen-bond acceptors (Lipinski definition) is 2. The first-order valence-corrected chi connectivity index (χ1v) is 3.83. The highest BCUT2D eigenvalue weighted by atomic mass is 127. The Balaban J connectivity index is 2.72. The quantitative estimate of drug-likeness (QED) is 0.436. The smallest absolute Gasteiger partial charge is 0.0169 e. The first kappa shape index (κ1) is 8.65. The van der Waals surface area contributed by atoms with Crippen LogP contribution in [0.4, 0.5) is 0 Å². The van der Waals surface area contributed by atoms with Crippen LogP contribution in [0.2, 0.25) is 0 Å². The van der Waals surface area contributed by atoms with E-state index in [2.05, 4.69) is 45.4 Å². The fourth-order valence-corrected chi connectivity index (χ4v) is 0.843. The van der Waals surface area contributed by atoms with Crippen LogP contribution in [0.25, 0.3) is 0 Å². The number of nitrogens with one attached hydrogen (secondary N) is 1. The second-order valence-electron chi connectivity index (χ2n) is 2.04. The Kier molecular flexibility index (Phi) is 6.25. The maximum Gasteiger partial charge on any atom is 0.0169 e. The zero-order chi connectivity index (χ0) is 6.41. The zero-order valence-electron chi connectivity index (χ0n) is 5.45. The summed E-state index contributed by atoms with van der Waals surface area (Å²) in [4.78, 5) is 2.19. The molecular formula is C5H13IN2. The van der Waals surface area contributed by atoms with Crippen molar-refractivity contribution in [1.82, 2.24) is 8.43 Å². The van der Waals surface area contributed by atoms with E-state index >= 15 is 0 Å². The van der Waals surface area contributed by atoms with E-state index in [0.29, 0.717) is 0 Å². The molecule has 0 saturated heterocycles. The number of halogens is 1. The SMILES string of the molecule is CN(C)CCCNI. The van der Waals surface area contributed by atoms with E-state index in [9.17, 15) is 0 Å². The molecule has 0 saturated carbocycles. The molecule has 0 fully saturated rings. The minimum atomic E-state index is 1.11. The number of rotatable bonds is 4. The molecule has 0 aliphatic rings. The van der Waals surface area contributed by atoms with E-state index in [1.54, 1.807) is 0 Å². The molecular weight excluding hydrogens is 215 g/mol. The molecule has 0 unspecified atom stereocenters. The lowest BCUT2D eigenvalue weighted by Crippen LogP contribution is -2.16.